The Labute approximate surface area is 191 Å². The van der Waals surface area contributed by atoms with Crippen LogP contribution in [-0.4, -0.2) is 44.6 Å². The van der Waals surface area contributed by atoms with Crippen LogP contribution in [0.25, 0.3) is 0 Å². The average Bonchev–Trinajstić information content (AvgIpc) is 2.77. The summed E-state index contributed by atoms with van der Waals surface area (Å²) in [4.78, 5) is 0. The number of benzene rings is 1. The Bertz CT molecular complexity index is 525. The van der Waals surface area contributed by atoms with Gasteiger partial charge >= 0.3 is 0 Å². The Morgan fingerprint density at radius 1 is 0.645 bits per heavy atom. The van der Waals surface area contributed by atoms with E-state index in [1.165, 1.54) is 38.5 Å². The second kappa shape index (κ2) is 20.4. The zero-order chi connectivity index (χ0) is 22.4. The lowest BCUT2D eigenvalue weighted by atomic mass is 10.1. The highest BCUT2D eigenvalue weighted by Gasteiger charge is 2.06. The first-order chi connectivity index (χ1) is 15.3. The molecule has 1 aromatic carbocycles. The van der Waals surface area contributed by atoms with Gasteiger partial charge < -0.3 is 25.2 Å². The third-order valence-corrected chi connectivity index (χ3v) is 5.38. The molecule has 0 aliphatic heterocycles. The molecule has 0 fully saturated rings. The fraction of sp³-hybridized carbons (Fsp3) is 0.769. The maximum atomic E-state index is 10.3. The minimum Gasteiger partial charge on any atom is -0.506 e. The maximum absolute atomic E-state index is 10.3. The van der Waals surface area contributed by atoms with Gasteiger partial charge in [-0.15, -0.1) is 0 Å². The van der Waals surface area contributed by atoms with Gasteiger partial charge in [-0.3, -0.25) is 0 Å². The van der Waals surface area contributed by atoms with E-state index in [1.54, 1.807) is 6.07 Å². The Morgan fingerprint density at radius 2 is 1.16 bits per heavy atom. The second-order valence-corrected chi connectivity index (χ2v) is 8.31. The molecule has 0 saturated carbocycles. The van der Waals surface area contributed by atoms with Crippen molar-refractivity contribution in [2.45, 2.75) is 90.9 Å². The second-order valence-electron chi connectivity index (χ2n) is 8.31. The molecule has 5 nitrogen and oxygen atoms in total. The smallest absolute Gasteiger partial charge is 0.140 e. The Morgan fingerprint density at radius 3 is 1.74 bits per heavy atom. The van der Waals surface area contributed by atoms with Gasteiger partial charge in [0.2, 0.25) is 0 Å². The Hall–Kier alpha value is -1.46. The summed E-state index contributed by atoms with van der Waals surface area (Å²) in [5.74, 6) is 0.318. The van der Waals surface area contributed by atoms with Crippen molar-refractivity contribution in [2.24, 2.45) is 0 Å². The van der Waals surface area contributed by atoms with E-state index in [0.717, 1.165) is 89.4 Å². The molecule has 1 aromatic rings. The highest BCUT2D eigenvalue weighted by atomic mass is 16.5. The van der Waals surface area contributed by atoms with Crippen molar-refractivity contribution >= 4 is 11.4 Å². The van der Waals surface area contributed by atoms with Gasteiger partial charge in [0.15, 0.2) is 0 Å². The predicted molar refractivity (Wildman–Crippen MR) is 133 cm³/mol. The zero-order valence-corrected chi connectivity index (χ0v) is 20.2. The standard InChI is InChI=1S/C26H48N2O3/c1-3-5-20-30-22-13-9-7-11-18-27-24-16-15-17-25(29)26(24)28-19-12-8-10-14-23-31-21-6-4-2/h15-17,27-29H,3-14,18-23H2,1-2H3. The van der Waals surface area contributed by atoms with Crippen LogP contribution >= 0.6 is 0 Å². The average molecular weight is 437 g/mol. The molecule has 0 aliphatic rings. The molecule has 5 heteroatoms. The lowest BCUT2D eigenvalue weighted by Crippen LogP contribution is -2.08. The number of aromatic hydroxyl groups is 1. The van der Waals surface area contributed by atoms with Gasteiger partial charge in [0.05, 0.1) is 5.69 Å². The van der Waals surface area contributed by atoms with Crippen LogP contribution in [-0.2, 0) is 9.47 Å². The number of ether oxygens (including phenoxy) is 2. The van der Waals surface area contributed by atoms with Crippen molar-refractivity contribution in [2.75, 3.05) is 50.2 Å². The van der Waals surface area contributed by atoms with E-state index in [-0.39, 0.29) is 0 Å². The molecular weight excluding hydrogens is 388 g/mol. The van der Waals surface area contributed by atoms with Crippen LogP contribution in [0.15, 0.2) is 18.2 Å². The normalized spacial score (nSPS) is 11.0. The molecule has 0 unspecified atom stereocenters. The SMILES string of the molecule is CCCCOCCCCCCNc1cccc(O)c1NCCCCCCOCCCC. The van der Waals surface area contributed by atoms with Crippen molar-refractivity contribution in [1.82, 2.24) is 0 Å². The Kier molecular flexibility index (Phi) is 18.2. The van der Waals surface area contributed by atoms with E-state index in [0.29, 0.717) is 5.75 Å². The summed E-state index contributed by atoms with van der Waals surface area (Å²) in [6.07, 6.45) is 14.0. The molecule has 0 radical (unpaired) electrons. The van der Waals surface area contributed by atoms with Crippen molar-refractivity contribution in [3.63, 3.8) is 0 Å². The van der Waals surface area contributed by atoms with Crippen LogP contribution in [0.4, 0.5) is 11.4 Å². The van der Waals surface area contributed by atoms with Gasteiger partial charge in [0.25, 0.3) is 0 Å². The van der Waals surface area contributed by atoms with Gasteiger partial charge in [-0.05, 0) is 50.7 Å². The number of hydrogen-bond acceptors (Lipinski definition) is 5. The molecule has 31 heavy (non-hydrogen) atoms. The minimum atomic E-state index is 0.318. The van der Waals surface area contributed by atoms with Gasteiger partial charge in [-0.25, -0.2) is 0 Å². The Balaban J connectivity index is 2.11. The fourth-order valence-electron chi connectivity index (χ4n) is 3.37. The van der Waals surface area contributed by atoms with Gasteiger partial charge in [0, 0.05) is 39.5 Å². The molecule has 0 saturated heterocycles. The summed E-state index contributed by atoms with van der Waals surface area (Å²) in [6, 6.07) is 5.69. The predicted octanol–water partition coefficient (Wildman–Crippen LogP) is 6.97. The number of phenolic OH excluding ortho intramolecular Hbond substituents is 1. The van der Waals surface area contributed by atoms with E-state index in [1.807, 2.05) is 12.1 Å². The molecule has 0 atom stereocenters. The number of phenols is 1. The summed E-state index contributed by atoms with van der Waals surface area (Å²) in [7, 11) is 0. The quantitative estimate of drug-likeness (QED) is 0.135. The molecule has 0 aromatic heterocycles. The highest BCUT2D eigenvalue weighted by Crippen LogP contribution is 2.31. The van der Waals surface area contributed by atoms with Crippen molar-refractivity contribution in [3.05, 3.63) is 18.2 Å². The van der Waals surface area contributed by atoms with E-state index in [9.17, 15) is 5.11 Å². The monoisotopic (exact) mass is 436 g/mol. The first-order valence-electron chi connectivity index (χ1n) is 12.7. The molecule has 0 heterocycles. The summed E-state index contributed by atoms with van der Waals surface area (Å²) in [5, 5.41) is 17.2. The zero-order valence-electron chi connectivity index (χ0n) is 20.2. The fourth-order valence-corrected chi connectivity index (χ4v) is 3.37. The van der Waals surface area contributed by atoms with Crippen LogP contribution < -0.4 is 10.6 Å². The van der Waals surface area contributed by atoms with Crippen molar-refractivity contribution in [1.29, 1.82) is 0 Å². The third-order valence-electron chi connectivity index (χ3n) is 5.38. The van der Waals surface area contributed by atoms with Crippen molar-refractivity contribution in [3.8, 4) is 5.75 Å². The molecule has 0 amide bonds. The molecule has 0 aliphatic carbocycles. The lowest BCUT2D eigenvalue weighted by molar-refractivity contribution is 0.127. The number of unbranched alkanes of at least 4 members (excludes halogenated alkanes) is 8. The number of para-hydroxylation sites is 1. The molecule has 0 spiro atoms. The molecule has 0 bridgehead atoms. The largest absolute Gasteiger partial charge is 0.506 e. The van der Waals surface area contributed by atoms with Gasteiger partial charge in [-0.1, -0.05) is 58.4 Å². The van der Waals surface area contributed by atoms with Crippen molar-refractivity contribution < 1.29 is 14.6 Å². The maximum Gasteiger partial charge on any atom is 0.140 e. The van der Waals surface area contributed by atoms with Gasteiger partial charge in [0.1, 0.15) is 11.4 Å². The summed E-state index contributed by atoms with van der Waals surface area (Å²) in [5.41, 5.74) is 1.82. The molecular formula is C26H48N2O3. The van der Waals surface area contributed by atoms with Gasteiger partial charge in [-0.2, -0.15) is 0 Å². The van der Waals surface area contributed by atoms with Crippen LogP contribution in [0.3, 0.4) is 0 Å². The number of anilines is 2. The minimum absolute atomic E-state index is 0.318. The van der Waals surface area contributed by atoms with E-state index in [2.05, 4.69) is 24.5 Å². The highest BCUT2D eigenvalue weighted by molar-refractivity contribution is 5.75. The number of rotatable bonds is 22. The topological polar surface area (TPSA) is 62.8 Å². The molecule has 3 N–H and O–H groups in total. The number of hydrogen-bond donors (Lipinski definition) is 3. The van der Waals surface area contributed by atoms with E-state index >= 15 is 0 Å². The van der Waals surface area contributed by atoms with E-state index < -0.39 is 0 Å². The number of nitrogens with one attached hydrogen (secondary N) is 2. The summed E-state index contributed by atoms with van der Waals surface area (Å²) < 4.78 is 11.2. The first-order valence-corrected chi connectivity index (χ1v) is 12.7. The van der Waals surface area contributed by atoms with Crippen LogP contribution in [0.1, 0.15) is 90.9 Å². The van der Waals surface area contributed by atoms with Crippen LogP contribution in [0, 0.1) is 0 Å². The molecule has 180 valence electrons. The first kappa shape index (κ1) is 27.6. The molecule has 1 rings (SSSR count). The third kappa shape index (κ3) is 15.1. The summed E-state index contributed by atoms with van der Waals surface area (Å²) in [6.45, 7) is 9.75. The van der Waals surface area contributed by atoms with Crippen LogP contribution in [0.5, 0.6) is 5.75 Å². The summed E-state index contributed by atoms with van der Waals surface area (Å²) >= 11 is 0. The van der Waals surface area contributed by atoms with E-state index in [4.69, 9.17) is 9.47 Å². The lowest BCUT2D eigenvalue weighted by Gasteiger charge is -2.15. The van der Waals surface area contributed by atoms with Crippen LogP contribution in [0.2, 0.25) is 0 Å².